The third-order valence-electron chi connectivity index (χ3n) is 4.25. The normalized spacial score (nSPS) is 34.4. The molecule has 4 heteroatoms. The van der Waals surface area contributed by atoms with Crippen molar-refractivity contribution in [2.45, 2.75) is 63.6 Å². The molecule has 0 spiro atoms. The summed E-state index contributed by atoms with van der Waals surface area (Å²) >= 11 is 0. The van der Waals surface area contributed by atoms with Crippen molar-refractivity contribution in [3.8, 4) is 0 Å². The van der Waals surface area contributed by atoms with Gasteiger partial charge in [-0.15, -0.1) is 0 Å². The van der Waals surface area contributed by atoms with Crippen LogP contribution in [-0.2, 0) is 9.53 Å². The molecule has 0 aromatic carbocycles. The molecule has 0 radical (unpaired) electrons. The fourth-order valence-electron chi connectivity index (χ4n) is 3.02. The smallest absolute Gasteiger partial charge is 0.240 e. The van der Waals surface area contributed by atoms with Crippen molar-refractivity contribution < 1.29 is 9.53 Å². The molecular formula is C14H26N2O2. The number of rotatable bonds is 3. The Bertz CT molecular complexity index is 277. The van der Waals surface area contributed by atoms with E-state index >= 15 is 0 Å². The number of carbonyl (C=O) groups excluding carboxylic acids is 1. The monoisotopic (exact) mass is 254 g/mol. The Hall–Kier alpha value is -0.610. The van der Waals surface area contributed by atoms with Crippen LogP contribution in [0.3, 0.4) is 0 Å². The van der Waals surface area contributed by atoms with Crippen LogP contribution in [0.15, 0.2) is 0 Å². The zero-order valence-electron chi connectivity index (χ0n) is 11.7. The first-order chi connectivity index (χ1) is 8.72. The Labute approximate surface area is 110 Å². The molecule has 0 aromatic heterocycles. The molecule has 3 atom stereocenters. The van der Waals surface area contributed by atoms with Gasteiger partial charge in [0.15, 0.2) is 0 Å². The highest BCUT2D eigenvalue weighted by Crippen LogP contribution is 2.21. The van der Waals surface area contributed by atoms with Crippen LogP contribution >= 0.6 is 0 Å². The van der Waals surface area contributed by atoms with E-state index in [9.17, 15) is 4.79 Å². The molecular weight excluding hydrogens is 228 g/mol. The van der Waals surface area contributed by atoms with Gasteiger partial charge in [-0.05, 0) is 52.5 Å². The zero-order valence-corrected chi connectivity index (χ0v) is 11.7. The van der Waals surface area contributed by atoms with Crippen molar-refractivity contribution in [1.82, 2.24) is 10.2 Å². The first-order valence-electron chi connectivity index (χ1n) is 7.31. The average Bonchev–Trinajstić information content (AvgIpc) is 2.53. The molecule has 0 saturated carbocycles. The largest absolute Gasteiger partial charge is 0.376 e. The number of hydrogen-bond donors (Lipinski definition) is 1. The van der Waals surface area contributed by atoms with Gasteiger partial charge >= 0.3 is 0 Å². The quantitative estimate of drug-likeness (QED) is 0.831. The summed E-state index contributed by atoms with van der Waals surface area (Å²) in [6, 6.07) is 0.347. The highest BCUT2D eigenvalue weighted by Gasteiger charge is 2.31. The molecule has 0 aliphatic carbocycles. The highest BCUT2D eigenvalue weighted by atomic mass is 16.5. The van der Waals surface area contributed by atoms with Gasteiger partial charge in [0.2, 0.25) is 5.91 Å². The van der Waals surface area contributed by atoms with Crippen molar-refractivity contribution in [2.75, 3.05) is 20.2 Å². The fraction of sp³-hybridized carbons (Fsp3) is 0.929. The summed E-state index contributed by atoms with van der Waals surface area (Å²) in [6.07, 6.45) is 6.94. The third-order valence-corrected chi connectivity index (χ3v) is 4.25. The van der Waals surface area contributed by atoms with E-state index in [2.05, 4.69) is 12.2 Å². The molecule has 2 aliphatic rings. The topological polar surface area (TPSA) is 41.6 Å². The summed E-state index contributed by atoms with van der Waals surface area (Å²) in [5.41, 5.74) is 0. The van der Waals surface area contributed by atoms with Crippen molar-refractivity contribution >= 4 is 5.91 Å². The van der Waals surface area contributed by atoms with Gasteiger partial charge in [-0.1, -0.05) is 0 Å². The molecule has 0 aromatic rings. The van der Waals surface area contributed by atoms with Crippen LogP contribution in [0.5, 0.6) is 0 Å². The Morgan fingerprint density at radius 1 is 1.28 bits per heavy atom. The number of likely N-dealkylation sites (tertiary alicyclic amines) is 1. The van der Waals surface area contributed by atoms with Crippen molar-refractivity contribution in [3.63, 3.8) is 0 Å². The number of nitrogens with one attached hydrogen (secondary N) is 1. The van der Waals surface area contributed by atoms with Gasteiger partial charge in [-0.3, -0.25) is 4.79 Å². The molecule has 2 heterocycles. The molecule has 3 unspecified atom stereocenters. The van der Waals surface area contributed by atoms with Gasteiger partial charge in [0.1, 0.15) is 0 Å². The molecule has 18 heavy (non-hydrogen) atoms. The molecule has 0 bridgehead atoms. The zero-order chi connectivity index (χ0) is 13.0. The lowest BCUT2D eigenvalue weighted by atomic mass is 10.1. The Kier molecular flexibility index (Phi) is 5.01. The van der Waals surface area contributed by atoms with E-state index in [4.69, 9.17) is 4.74 Å². The van der Waals surface area contributed by atoms with Gasteiger partial charge < -0.3 is 15.0 Å². The van der Waals surface area contributed by atoms with Crippen LogP contribution in [0.4, 0.5) is 0 Å². The van der Waals surface area contributed by atoms with Crippen LogP contribution in [0.2, 0.25) is 0 Å². The van der Waals surface area contributed by atoms with Gasteiger partial charge in [0, 0.05) is 19.2 Å². The van der Waals surface area contributed by atoms with Gasteiger partial charge in [-0.25, -0.2) is 0 Å². The van der Waals surface area contributed by atoms with Crippen molar-refractivity contribution in [3.05, 3.63) is 0 Å². The minimum absolute atomic E-state index is 0.00135. The van der Waals surface area contributed by atoms with Crippen LogP contribution in [-0.4, -0.2) is 49.2 Å². The molecule has 1 N–H and O–H groups in total. The molecule has 4 nitrogen and oxygen atoms in total. The lowest BCUT2D eigenvalue weighted by molar-refractivity contribution is -0.137. The number of likely N-dealkylation sites (N-methyl/N-ethyl adjacent to an activating group) is 1. The third kappa shape index (κ3) is 3.23. The summed E-state index contributed by atoms with van der Waals surface area (Å²) in [5.74, 6) is 0.261. The molecule has 2 saturated heterocycles. The van der Waals surface area contributed by atoms with Crippen LogP contribution < -0.4 is 5.32 Å². The van der Waals surface area contributed by atoms with Gasteiger partial charge in [-0.2, -0.15) is 0 Å². The second kappa shape index (κ2) is 6.53. The average molecular weight is 254 g/mol. The Balaban J connectivity index is 1.99. The number of nitrogens with zero attached hydrogens (tertiary/aromatic N) is 1. The minimum atomic E-state index is -0.00135. The van der Waals surface area contributed by atoms with Crippen LogP contribution in [0, 0.1) is 0 Å². The number of ether oxygens (including phenoxy) is 1. The summed E-state index contributed by atoms with van der Waals surface area (Å²) in [5, 5.41) is 3.15. The summed E-state index contributed by atoms with van der Waals surface area (Å²) in [7, 11) is 1.88. The number of amides is 1. The molecule has 104 valence electrons. The van der Waals surface area contributed by atoms with Crippen molar-refractivity contribution in [1.29, 1.82) is 0 Å². The van der Waals surface area contributed by atoms with E-state index in [0.717, 1.165) is 38.8 Å². The summed E-state index contributed by atoms with van der Waals surface area (Å²) in [6.45, 7) is 3.80. The first kappa shape index (κ1) is 13.8. The van der Waals surface area contributed by atoms with Gasteiger partial charge in [0.25, 0.3) is 0 Å². The van der Waals surface area contributed by atoms with Crippen LogP contribution in [0.25, 0.3) is 0 Å². The summed E-state index contributed by atoms with van der Waals surface area (Å²) < 4.78 is 5.77. The SMILES string of the molecule is CNC1CCCC(C)N(CC2CCCCO2)C1=O. The van der Waals surface area contributed by atoms with E-state index < -0.39 is 0 Å². The van der Waals surface area contributed by atoms with Crippen LogP contribution in [0.1, 0.15) is 45.4 Å². The fourth-order valence-corrected chi connectivity index (χ4v) is 3.02. The highest BCUT2D eigenvalue weighted by molar-refractivity contribution is 5.82. The maximum atomic E-state index is 12.5. The minimum Gasteiger partial charge on any atom is -0.376 e. The molecule has 2 rings (SSSR count). The van der Waals surface area contributed by atoms with Gasteiger partial charge in [0.05, 0.1) is 12.1 Å². The van der Waals surface area contributed by atoms with Crippen molar-refractivity contribution in [2.24, 2.45) is 0 Å². The predicted octanol–water partition coefficient (Wildman–Crippen LogP) is 1.54. The Morgan fingerprint density at radius 3 is 2.78 bits per heavy atom. The second-order valence-corrected chi connectivity index (χ2v) is 5.60. The Morgan fingerprint density at radius 2 is 2.11 bits per heavy atom. The number of hydrogen-bond acceptors (Lipinski definition) is 3. The standard InChI is InChI=1S/C14H26N2O2/c1-11-6-5-8-13(15-2)14(17)16(11)10-12-7-3-4-9-18-12/h11-13,15H,3-10H2,1-2H3. The van der Waals surface area contributed by atoms with E-state index in [-0.39, 0.29) is 18.1 Å². The lowest BCUT2D eigenvalue weighted by Crippen LogP contribution is -2.50. The molecule has 2 fully saturated rings. The predicted molar refractivity (Wildman–Crippen MR) is 71.5 cm³/mol. The van der Waals surface area contributed by atoms with E-state index in [1.807, 2.05) is 11.9 Å². The number of carbonyl (C=O) groups is 1. The van der Waals surface area contributed by atoms with E-state index in [1.54, 1.807) is 0 Å². The first-order valence-corrected chi connectivity index (χ1v) is 7.31. The molecule has 2 aliphatic heterocycles. The van der Waals surface area contributed by atoms with E-state index in [0.29, 0.717) is 6.04 Å². The lowest BCUT2D eigenvalue weighted by Gasteiger charge is -2.34. The second-order valence-electron chi connectivity index (χ2n) is 5.60. The maximum absolute atomic E-state index is 12.5. The summed E-state index contributed by atoms with van der Waals surface area (Å²) in [4.78, 5) is 14.5. The molecule has 1 amide bonds. The van der Waals surface area contributed by atoms with E-state index in [1.165, 1.54) is 12.8 Å². The maximum Gasteiger partial charge on any atom is 0.240 e.